The van der Waals surface area contributed by atoms with Crippen LogP contribution in [-0.4, -0.2) is 13.4 Å². The maximum atomic E-state index is 10.7. The van der Waals surface area contributed by atoms with Gasteiger partial charge in [0.15, 0.2) is 0 Å². The Bertz CT molecular complexity index is 547. The van der Waals surface area contributed by atoms with Crippen LogP contribution in [0.15, 0.2) is 46.9 Å². The van der Waals surface area contributed by atoms with E-state index in [0.717, 1.165) is 27.4 Å². The molecule has 0 atom stereocenters. The Hall–Kier alpha value is -1.45. The molecule has 2 nitrogen and oxygen atoms in total. The Morgan fingerprint density at radius 2 is 1.89 bits per heavy atom. The smallest absolute Gasteiger partial charge is 0.150 e. The van der Waals surface area contributed by atoms with Crippen LogP contribution < -0.4 is 0 Å². The van der Waals surface area contributed by atoms with Gasteiger partial charge in [0, 0.05) is 17.1 Å². The molecule has 2 rings (SSSR count). The summed E-state index contributed by atoms with van der Waals surface area (Å²) in [7, 11) is 1.68. The molecule has 2 aromatic rings. The Morgan fingerprint density at radius 3 is 2.50 bits per heavy atom. The number of carbonyl (C=O) groups is 1. The van der Waals surface area contributed by atoms with Crippen molar-refractivity contribution in [3.8, 4) is 11.1 Å². The molecule has 2 aromatic carbocycles. The van der Waals surface area contributed by atoms with Crippen LogP contribution in [-0.2, 0) is 11.3 Å². The minimum atomic E-state index is 0.548. The quantitative estimate of drug-likeness (QED) is 0.796. The van der Waals surface area contributed by atoms with E-state index in [9.17, 15) is 4.79 Å². The number of carbonyl (C=O) groups excluding carboxylic acids is 1. The SMILES string of the molecule is COCc1c(Br)cccc1-c1ccc(C=O)cc1. The first-order chi connectivity index (χ1) is 8.76. The second-order valence-electron chi connectivity index (χ2n) is 3.94. The molecule has 0 radical (unpaired) electrons. The molecule has 0 saturated heterocycles. The number of hydrogen-bond donors (Lipinski definition) is 0. The van der Waals surface area contributed by atoms with Gasteiger partial charge in [-0.15, -0.1) is 0 Å². The monoisotopic (exact) mass is 304 g/mol. The first-order valence-corrected chi connectivity index (χ1v) is 6.37. The molecule has 92 valence electrons. The van der Waals surface area contributed by atoms with E-state index in [4.69, 9.17) is 4.74 Å². The fraction of sp³-hybridized carbons (Fsp3) is 0.133. The van der Waals surface area contributed by atoms with Crippen LogP contribution in [0, 0.1) is 0 Å². The summed E-state index contributed by atoms with van der Waals surface area (Å²) in [5, 5.41) is 0. The van der Waals surface area contributed by atoms with Crippen LogP contribution in [0.3, 0.4) is 0 Å². The lowest BCUT2D eigenvalue weighted by atomic mass is 9.99. The second kappa shape index (κ2) is 5.94. The third-order valence-electron chi connectivity index (χ3n) is 2.77. The van der Waals surface area contributed by atoms with Gasteiger partial charge in [-0.1, -0.05) is 52.3 Å². The maximum absolute atomic E-state index is 10.7. The Morgan fingerprint density at radius 1 is 1.17 bits per heavy atom. The summed E-state index contributed by atoms with van der Waals surface area (Å²) in [4.78, 5) is 10.7. The van der Waals surface area contributed by atoms with Crippen molar-refractivity contribution < 1.29 is 9.53 Å². The van der Waals surface area contributed by atoms with Crippen molar-refractivity contribution in [2.24, 2.45) is 0 Å². The van der Waals surface area contributed by atoms with E-state index in [-0.39, 0.29) is 0 Å². The molecule has 0 unspecified atom stereocenters. The van der Waals surface area contributed by atoms with Crippen molar-refractivity contribution in [3.63, 3.8) is 0 Å². The highest BCUT2D eigenvalue weighted by molar-refractivity contribution is 9.10. The van der Waals surface area contributed by atoms with Crippen LogP contribution in [0.25, 0.3) is 11.1 Å². The second-order valence-corrected chi connectivity index (χ2v) is 4.79. The molecule has 0 bridgehead atoms. The molecular formula is C15H13BrO2. The van der Waals surface area contributed by atoms with Gasteiger partial charge in [-0.05, 0) is 22.8 Å². The number of aldehydes is 1. The van der Waals surface area contributed by atoms with Gasteiger partial charge in [-0.2, -0.15) is 0 Å². The molecule has 0 aromatic heterocycles. The molecule has 0 heterocycles. The predicted octanol–water partition coefficient (Wildman–Crippen LogP) is 4.08. The zero-order valence-electron chi connectivity index (χ0n) is 10.0. The molecule has 0 aliphatic heterocycles. The number of hydrogen-bond acceptors (Lipinski definition) is 2. The molecule has 0 aliphatic rings. The first-order valence-electron chi connectivity index (χ1n) is 5.58. The van der Waals surface area contributed by atoms with Crippen molar-refractivity contribution in [1.82, 2.24) is 0 Å². The van der Waals surface area contributed by atoms with Crippen LogP contribution >= 0.6 is 15.9 Å². The van der Waals surface area contributed by atoms with E-state index in [2.05, 4.69) is 22.0 Å². The van der Waals surface area contributed by atoms with Crippen LogP contribution in [0.1, 0.15) is 15.9 Å². The standard InChI is InChI=1S/C15H13BrO2/c1-18-10-14-13(3-2-4-15(14)16)12-7-5-11(9-17)6-8-12/h2-9H,10H2,1H3. The number of rotatable bonds is 4. The molecule has 0 saturated carbocycles. The van der Waals surface area contributed by atoms with Crippen LogP contribution in [0.4, 0.5) is 0 Å². The molecule has 3 heteroatoms. The van der Waals surface area contributed by atoms with Crippen molar-refractivity contribution in [2.75, 3.05) is 7.11 Å². The summed E-state index contributed by atoms with van der Waals surface area (Å²) in [6.45, 7) is 0.548. The molecule has 0 amide bonds. The van der Waals surface area contributed by atoms with E-state index in [1.165, 1.54) is 0 Å². The zero-order chi connectivity index (χ0) is 13.0. The van der Waals surface area contributed by atoms with Gasteiger partial charge >= 0.3 is 0 Å². The fourth-order valence-corrected chi connectivity index (χ4v) is 2.34. The van der Waals surface area contributed by atoms with E-state index < -0.39 is 0 Å². The average molecular weight is 305 g/mol. The van der Waals surface area contributed by atoms with Crippen LogP contribution in [0.2, 0.25) is 0 Å². The van der Waals surface area contributed by atoms with Gasteiger partial charge in [0.05, 0.1) is 6.61 Å². The highest BCUT2D eigenvalue weighted by Crippen LogP contribution is 2.30. The van der Waals surface area contributed by atoms with E-state index in [0.29, 0.717) is 12.2 Å². The third kappa shape index (κ3) is 2.68. The predicted molar refractivity (Wildman–Crippen MR) is 75.7 cm³/mol. The number of benzene rings is 2. The normalized spacial score (nSPS) is 10.3. The fourth-order valence-electron chi connectivity index (χ4n) is 1.86. The Balaban J connectivity index is 2.48. The summed E-state index contributed by atoms with van der Waals surface area (Å²) in [6.07, 6.45) is 0.848. The molecule has 0 spiro atoms. The Labute approximate surface area is 115 Å². The maximum Gasteiger partial charge on any atom is 0.150 e. The average Bonchev–Trinajstić information content (AvgIpc) is 2.41. The number of ether oxygens (including phenoxy) is 1. The lowest BCUT2D eigenvalue weighted by Gasteiger charge is -2.11. The van der Waals surface area contributed by atoms with Crippen molar-refractivity contribution in [3.05, 3.63) is 58.1 Å². The largest absolute Gasteiger partial charge is 0.380 e. The van der Waals surface area contributed by atoms with Gasteiger partial charge in [0.2, 0.25) is 0 Å². The third-order valence-corrected chi connectivity index (χ3v) is 3.51. The topological polar surface area (TPSA) is 26.3 Å². The zero-order valence-corrected chi connectivity index (χ0v) is 11.6. The van der Waals surface area contributed by atoms with E-state index >= 15 is 0 Å². The summed E-state index contributed by atoms with van der Waals surface area (Å²) in [5.74, 6) is 0. The summed E-state index contributed by atoms with van der Waals surface area (Å²) in [5.41, 5.74) is 3.98. The van der Waals surface area contributed by atoms with Crippen LogP contribution in [0.5, 0.6) is 0 Å². The molecule has 0 aliphatic carbocycles. The summed E-state index contributed by atoms with van der Waals surface area (Å²) < 4.78 is 6.26. The molecule has 0 fully saturated rings. The lowest BCUT2D eigenvalue weighted by molar-refractivity contribution is 0.112. The summed E-state index contributed by atoms with van der Waals surface area (Å²) in [6, 6.07) is 13.6. The molecule has 18 heavy (non-hydrogen) atoms. The van der Waals surface area contributed by atoms with Crippen molar-refractivity contribution in [1.29, 1.82) is 0 Å². The Kier molecular flexibility index (Phi) is 4.28. The lowest BCUT2D eigenvalue weighted by Crippen LogP contribution is -1.94. The molecular weight excluding hydrogens is 292 g/mol. The van der Waals surface area contributed by atoms with Gasteiger partial charge in [0.1, 0.15) is 6.29 Å². The van der Waals surface area contributed by atoms with Gasteiger partial charge in [-0.3, -0.25) is 4.79 Å². The number of methoxy groups -OCH3 is 1. The van der Waals surface area contributed by atoms with Gasteiger partial charge < -0.3 is 4.74 Å². The van der Waals surface area contributed by atoms with Crippen molar-refractivity contribution in [2.45, 2.75) is 6.61 Å². The molecule has 0 N–H and O–H groups in total. The minimum absolute atomic E-state index is 0.548. The highest BCUT2D eigenvalue weighted by atomic mass is 79.9. The van der Waals surface area contributed by atoms with Crippen molar-refractivity contribution >= 4 is 22.2 Å². The minimum Gasteiger partial charge on any atom is -0.380 e. The summed E-state index contributed by atoms with van der Waals surface area (Å²) >= 11 is 3.54. The highest BCUT2D eigenvalue weighted by Gasteiger charge is 2.08. The van der Waals surface area contributed by atoms with Gasteiger partial charge in [-0.25, -0.2) is 0 Å². The van der Waals surface area contributed by atoms with E-state index in [1.807, 2.05) is 36.4 Å². The van der Waals surface area contributed by atoms with Gasteiger partial charge in [0.25, 0.3) is 0 Å². The van der Waals surface area contributed by atoms with E-state index in [1.54, 1.807) is 7.11 Å². The first kappa shape index (κ1) is 13.0. The number of halogens is 1.